The summed E-state index contributed by atoms with van der Waals surface area (Å²) >= 11 is 0. The highest BCUT2D eigenvalue weighted by atomic mass is 16.5. The van der Waals surface area contributed by atoms with E-state index in [9.17, 15) is 4.79 Å². The van der Waals surface area contributed by atoms with Crippen LogP contribution < -0.4 is 10.5 Å². The van der Waals surface area contributed by atoms with Crippen molar-refractivity contribution < 1.29 is 14.6 Å². The summed E-state index contributed by atoms with van der Waals surface area (Å²) in [5.41, 5.74) is 7.32. The highest BCUT2D eigenvalue weighted by Gasteiger charge is 2.19. The second kappa shape index (κ2) is 5.48. The van der Waals surface area contributed by atoms with E-state index in [1.165, 1.54) is 12.1 Å². The van der Waals surface area contributed by atoms with Gasteiger partial charge in [-0.05, 0) is 29.7 Å². The Morgan fingerprint density at radius 3 is 2.33 bits per heavy atom. The van der Waals surface area contributed by atoms with Crippen molar-refractivity contribution in [3.05, 3.63) is 53.6 Å². The largest absolute Gasteiger partial charge is 0.478 e. The summed E-state index contributed by atoms with van der Waals surface area (Å²) in [6.07, 6.45) is 0. The van der Waals surface area contributed by atoms with Gasteiger partial charge in [0.2, 0.25) is 0 Å². The van der Waals surface area contributed by atoms with Crippen LogP contribution >= 0.6 is 0 Å². The van der Waals surface area contributed by atoms with Crippen molar-refractivity contribution in [1.82, 2.24) is 0 Å². The molecule has 0 saturated carbocycles. The minimum absolute atomic E-state index is 0.0631. The molecule has 0 bridgehead atoms. The van der Waals surface area contributed by atoms with Crippen LogP contribution in [0.2, 0.25) is 0 Å². The van der Waals surface area contributed by atoms with Crippen molar-refractivity contribution in [2.45, 2.75) is 26.2 Å². The highest BCUT2D eigenvalue weighted by molar-refractivity contribution is 5.89. The van der Waals surface area contributed by atoms with Gasteiger partial charge < -0.3 is 15.6 Å². The number of aromatic carboxylic acids is 1. The van der Waals surface area contributed by atoms with Crippen LogP contribution in [0, 0.1) is 0 Å². The van der Waals surface area contributed by atoms with Gasteiger partial charge in [0, 0.05) is 5.56 Å². The molecule has 0 unspecified atom stereocenters. The predicted octanol–water partition coefficient (Wildman–Crippen LogP) is 4.06. The Morgan fingerprint density at radius 1 is 1.10 bits per heavy atom. The van der Waals surface area contributed by atoms with Crippen LogP contribution in [0.25, 0.3) is 0 Å². The molecule has 0 amide bonds. The van der Waals surface area contributed by atoms with Gasteiger partial charge in [0.15, 0.2) is 0 Å². The number of para-hydroxylation sites is 1. The van der Waals surface area contributed by atoms with Crippen LogP contribution in [-0.2, 0) is 5.41 Å². The smallest absolute Gasteiger partial charge is 0.335 e. The average Bonchev–Trinajstić information content (AvgIpc) is 2.40. The Balaban J connectivity index is 2.38. The summed E-state index contributed by atoms with van der Waals surface area (Å²) in [5, 5.41) is 8.94. The minimum atomic E-state index is -1.01. The Bertz CT molecular complexity index is 672. The molecule has 0 spiro atoms. The third-order valence-corrected chi connectivity index (χ3v) is 3.17. The maximum Gasteiger partial charge on any atom is 0.335 e. The first-order chi connectivity index (χ1) is 9.79. The van der Waals surface area contributed by atoms with Gasteiger partial charge in [-0.15, -0.1) is 0 Å². The van der Waals surface area contributed by atoms with E-state index in [4.69, 9.17) is 15.6 Å². The van der Waals surface area contributed by atoms with Gasteiger partial charge in [-0.3, -0.25) is 0 Å². The van der Waals surface area contributed by atoms with Crippen LogP contribution in [0.4, 0.5) is 5.69 Å². The average molecular weight is 285 g/mol. The number of hydrogen-bond donors (Lipinski definition) is 2. The van der Waals surface area contributed by atoms with Crippen molar-refractivity contribution >= 4 is 11.7 Å². The third-order valence-electron chi connectivity index (χ3n) is 3.17. The number of nitrogens with two attached hydrogens (primary N) is 1. The Hall–Kier alpha value is -2.49. The number of carboxylic acid groups (broad SMARTS) is 1. The molecular weight excluding hydrogens is 266 g/mol. The summed E-state index contributed by atoms with van der Waals surface area (Å²) in [4.78, 5) is 10.9. The standard InChI is InChI=1S/C17H19NO3/c1-17(2,3)12-6-4-5-7-14(12)21-15-9-8-11(16(19)20)10-13(15)18/h4-10H,18H2,1-3H3,(H,19,20). The molecule has 0 fully saturated rings. The van der Waals surface area contributed by atoms with E-state index < -0.39 is 5.97 Å². The van der Waals surface area contributed by atoms with Gasteiger partial charge in [0.05, 0.1) is 11.3 Å². The molecule has 21 heavy (non-hydrogen) atoms. The number of carboxylic acids is 1. The number of anilines is 1. The Kier molecular flexibility index (Phi) is 3.89. The lowest BCUT2D eigenvalue weighted by atomic mass is 9.86. The molecule has 2 aromatic rings. The molecule has 0 aliphatic rings. The maximum absolute atomic E-state index is 10.9. The second-order valence-electron chi connectivity index (χ2n) is 5.91. The lowest BCUT2D eigenvalue weighted by molar-refractivity contribution is 0.0697. The van der Waals surface area contributed by atoms with Crippen LogP contribution in [0.3, 0.4) is 0 Å². The van der Waals surface area contributed by atoms with E-state index >= 15 is 0 Å². The highest BCUT2D eigenvalue weighted by Crippen LogP contribution is 2.35. The predicted molar refractivity (Wildman–Crippen MR) is 83.0 cm³/mol. The molecule has 0 heterocycles. The number of carbonyl (C=O) groups is 1. The Morgan fingerprint density at radius 2 is 1.76 bits per heavy atom. The fourth-order valence-electron chi connectivity index (χ4n) is 2.07. The first kappa shape index (κ1) is 14.9. The van der Waals surface area contributed by atoms with Gasteiger partial charge in [0.25, 0.3) is 0 Å². The Labute approximate surface area is 124 Å². The monoisotopic (exact) mass is 285 g/mol. The molecule has 2 aromatic carbocycles. The lowest BCUT2D eigenvalue weighted by Crippen LogP contribution is -2.12. The molecule has 4 nitrogen and oxygen atoms in total. The van der Waals surface area contributed by atoms with Gasteiger partial charge in [-0.1, -0.05) is 39.0 Å². The molecule has 0 aromatic heterocycles. The molecule has 110 valence electrons. The molecule has 0 aliphatic carbocycles. The fourth-order valence-corrected chi connectivity index (χ4v) is 2.07. The van der Waals surface area contributed by atoms with E-state index in [0.29, 0.717) is 11.4 Å². The van der Waals surface area contributed by atoms with Crippen LogP contribution in [0.1, 0.15) is 36.7 Å². The van der Waals surface area contributed by atoms with Crippen LogP contribution in [-0.4, -0.2) is 11.1 Å². The van der Waals surface area contributed by atoms with E-state index in [2.05, 4.69) is 20.8 Å². The zero-order chi connectivity index (χ0) is 15.6. The third kappa shape index (κ3) is 3.34. The quantitative estimate of drug-likeness (QED) is 0.834. The van der Waals surface area contributed by atoms with Gasteiger partial charge in [-0.25, -0.2) is 4.79 Å². The molecule has 0 radical (unpaired) electrons. The molecule has 2 rings (SSSR count). The summed E-state index contributed by atoms with van der Waals surface area (Å²) in [7, 11) is 0. The molecule has 0 aliphatic heterocycles. The molecule has 0 saturated heterocycles. The summed E-state index contributed by atoms with van der Waals surface area (Å²) in [6.45, 7) is 6.31. The van der Waals surface area contributed by atoms with Gasteiger partial charge in [0.1, 0.15) is 11.5 Å². The first-order valence-corrected chi connectivity index (χ1v) is 6.69. The SMILES string of the molecule is CC(C)(C)c1ccccc1Oc1ccc(C(=O)O)cc1N. The van der Waals surface area contributed by atoms with Gasteiger partial charge >= 0.3 is 5.97 Å². The maximum atomic E-state index is 10.9. The summed E-state index contributed by atoms with van der Waals surface area (Å²) in [5.74, 6) is 0.166. The molecule has 4 heteroatoms. The fraction of sp³-hybridized carbons (Fsp3) is 0.235. The van der Waals surface area contributed by atoms with E-state index in [1.54, 1.807) is 6.07 Å². The van der Waals surface area contributed by atoms with Crippen molar-refractivity contribution in [1.29, 1.82) is 0 Å². The summed E-state index contributed by atoms with van der Waals surface area (Å²) in [6, 6.07) is 12.2. The first-order valence-electron chi connectivity index (χ1n) is 6.69. The number of benzene rings is 2. The van der Waals surface area contributed by atoms with Crippen LogP contribution in [0.15, 0.2) is 42.5 Å². The number of ether oxygens (including phenoxy) is 1. The number of hydrogen-bond acceptors (Lipinski definition) is 3. The van der Waals surface area contributed by atoms with E-state index in [0.717, 1.165) is 11.3 Å². The second-order valence-corrected chi connectivity index (χ2v) is 5.91. The van der Waals surface area contributed by atoms with E-state index in [1.807, 2.05) is 24.3 Å². The van der Waals surface area contributed by atoms with Crippen molar-refractivity contribution in [2.75, 3.05) is 5.73 Å². The lowest BCUT2D eigenvalue weighted by Gasteiger charge is -2.22. The van der Waals surface area contributed by atoms with Crippen molar-refractivity contribution in [3.8, 4) is 11.5 Å². The van der Waals surface area contributed by atoms with Crippen molar-refractivity contribution in [2.24, 2.45) is 0 Å². The van der Waals surface area contributed by atoms with Crippen molar-refractivity contribution in [3.63, 3.8) is 0 Å². The normalized spacial score (nSPS) is 11.2. The van der Waals surface area contributed by atoms with Gasteiger partial charge in [-0.2, -0.15) is 0 Å². The number of nitrogen functional groups attached to an aromatic ring is 1. The zero-order valence-corrected chi connectivity index (χ0v) is 12.4. The zero-order valence-electron chi connectivity index (χ0n) is 12.4. The number of rotatable bonds is 3. The molecular formula is C17H19NO3. The molecule has 3 N–H and O–H groups in total. The van der Waals surface area contributed by atoms with Crippen LogP contribution in [0.5, 0.6) is 11.5 Å². The minimum Gasteiger partial charge on any atom is -0.478 e. The molecule has 0 atom stereocenters. The summed E-state index contributed by atoms with van der Waals surface area (Å²) < 4.78 is 5.88. The topological polar surface area (TPSA) is 72.5 Å². The van der Waals surface area contributed by atoms with E-state index in [-0.39, 0.29) is 11.0 Å².